The first-order chi connectivity index (χ1) is 17.6. The van der Waals surface area contributed by atoms with Crippen LogP contribution in [0.1, 0.15) is 50.2 Å². The normalized spacial score (nSPS) is 17.7. The molecule has 196 valence electrons. The molecule has 0 saturated carbocycles. The number of amides is 1. The summed E-state index contributed by atoms with van der Waals surface area (Å²) in [6, 6.07) is 14.8. The van der Waals surface area contributed by atoms with Gasteiger partial charge in [0.2, 0.25) is 5.91 Å². The van der Waals surface area contributed by atoms with E-state index in [-0.39, 0.29) is 24.1 Å². The summed E-state index contributed by atoms with van der Waals surface area (Å²) in [7, 11) is 0. The summed E-state index contributed by atoms with van der Waals surface area (Å²) in [6.45, 7) is 7.98. The first-order valence-electron chi connectivity index (χ1n) is 13.4. The van der Waals surface area contributed by atoms with E-state index in [2.05, 4.69) is 17.1 Å². The van der Waals surface area contributed by atoms with Crippen LogP contribution in [-0.2, 0) is 27.2 Å². The average molecular weight is 498 g/mol. The first-order valence-corrected chi connectivity index (χ1v) is 13.4. The molecule has 2 aromatic carbocycles. The number of hydrogen-bond acceptors (Lipinski definition) is 5. The van der Waals surface area contributed by atoms with Crippen molar-refractivity contribution in [2.75, 3.05) is 44.7 Å². The molecule has 0 unspecified atom stereocenters. The number of halogens is 1. The van der Waals surface area contributed by atoms with Gasteiger partial charge in [0.25, 0.3) is 0 Å². The zero-order valence-corrected chi connectivity index (χ0v) is 21.5. The van der Waals surface area contributed by atoms with E-state index in [1.807, 2.05) is 29.2 Å². The van der Waals surface area contributed by atoms with Crippen molar-refractivity contribution in [3.05, 3.63) is 65.5 Å². The number of nitrogens with one attached hydrogen (secondary N) is 1. The number of ether oxygens (including phenoxy) is 2. The molecule has 0 aromatic heterocycles. The van der Waals surface area contributed by atoms with Crippen molar-refractivity contribution in [1.82, 2.24) is 9.80 Å². The Hall–Kier alpha value is -2.48. The SMILES string of the molecule is CCCNc1ccc(CC(=O)N(Cc2ccc(F)cc2)C2CCN(CCC3OCCCO3)CC2)cc1. The molecule has 2 heterocycles. The minimum Gasteiger partial charge on any atom is -0.385 e. The van der Waals surface area contributed by atoms with Gasteiger partial charge in [-0.15, -0.1) is 0 Å². The molecule has 2 saturated heterocycles. The molecule has 1 amide bonds. The van der Waals surface area contributed by atoms with Crippen LogP contribution in [0.25, 0.3) is 0 Å². The van der Waals surface area contributed by atoms with Gasteiger partial charge in [-0.2, -0.15) is 0 Å². The van der Waals surface area contributed by atoms with Crippen molar-refractivity contribution in [2.24, 2.45) is 0 Å². The lowest BCUT2D eigenvalue weighted by Crippen LogP contribution is -2.48. The second kappa shape index (κ2) is 13.7. The van der Waals surface area contributed by atoms with Crippen LogP contribution in [0.3, 0.4) is 0 Å². The van der Waals surface area contributed by atoms with Crippen LogP contribution in [0.5, 0.6) is 0 Å². The van der Waals surface area contributed by atoms with E-state index < -0.39 is 0 Å². The van der Waals surface area contributed by atoms with Crippen molar-refractivity contribution in [3.63, 3.8) is 0 Å². The number of carbonyl (C=O) groups is 1. The maximum Gasteiger partial charge on any atom is 0.227 e. The second-order valence-electron chi connectivity index (χ2n) is 9.83. The Morgan fingerprint density at radius 3 is 2.36 bits per heavy atom. The van der Waals surface area contributed by atoms with Crippen molar-refractivity contribution in [2.45, 2.75) is 64.3 Å². The molecule has 2 fully saturated rings. The molecule has 2 aromatic rings. The van der Waals surface area contributed by atoms with E-state index in [1.54, 1.807) is 12.1 Å². The second-order valence-corrected chi connectivity index (χ2v) is 9.83. The number of rotatable bonds is 11. The van der Waals surface area contributed by atoms with Gasteiger partial charge in [-0.25, -0.2) is 4.39 Å². The molecular formula is C29H40FN3O3. The molecule has 0 aliphatic carbocycles. The summed E-state index contributed by atoms with van der Waals surface area (Å²) in [5.41, 5.74) is 3.04. The Kier molecular flexibility index (Phi) is 10.1. The van der Waals surface area contributed by atoms with E-state index in [0.717, 1.165) is 88.3 Å². The van der Waals surface area contributed by atoms with Gasteiger partial charge in [0.1, 0.15) is 5.82 Å². The molecule has 6 nitrogen and oxygen atoms in total. The maximum atomic E-state index is 13.5. The molecule has 0 spiro atoms. The maximum absolute atomic E-state index is 13.5. The zero-order chi connectivity index (χ0) is 25.2. The van der Waals surface area contributed by atoms with Crippen molar-refractivity contribution in [1.29, 1.82) is 0 Å². The Balaban J connectivity index is 1.36. The Morgan fingerprint density at radius 1 is 1.03 bits per heavy atom. The van der Waals surface area contributed by atoms with Crippen molar-refractivity contribution >= 4 is 11.6 Å². The van der Waals surface area contributed by atoms with Gasteiger partial charge >= 0.3 is 0 Å². The third-order valence-electron chi connectivity index (χ3n) is 7.05. The lowest BCUT2D eigenvalue weighted by Gasteiger charge is -2.39. The van der Waals surface area contributed by atoms with Gasteiger partial charge in [-0.3, -0.25) is 4.79 Å². The minimum absolute atomic E-state index is 0.0865. The van der Waals surface area contributed by atoms with Gasteiger partial charge in [0, 0.05) is 50.9 Å². The van der Waals surface area contributed by atoms with Crippen LogP contribution in [0.4, 0.5) is 10.1 Å². The number of nitrogens with zero attached hydrogens (tertiary/aromatic N) is 2. The van der Waals surface area contributed by atoms with E-state index in [9.17, 15) is 9.18 Å². The summed E-state index contributed by atoms with van der Waals surface area (Å²) >= 11 is 0. The van der Waals surface area contributed by atoms with E-state index in [4.69, 9.17) is 9.47 Å². The van der Waals surface area contributed by atoms with Gasteiger partial charge in [0.05, 0.1) is 19.6 Å². The van der Waals surface area contributed by atoms with Crippen LogP contribution < -0.4 is 5.32 Å². The Bertz CT molecular complexity index is 924. The standard InChI is InChI=1S/C29H40FN3O3/c1-2-15-31-26-10-6-23(7-11-26)21-28(34)33(22-24-4-8-25(30)9-5-24)27-12-16-32(17-13-27)18-14-29-35-19-3-20-36-29/h4-11,27,29,31H,2-3,12-22H2,1H3. The summed E-state index contributed by atoms with van der Waals surface area (Å²) < 4.78 is 24.8. The lowest BCUT2D eigenvalue weighted by molar-refractivity contribution is -0.182. The van der Waals surface area contributed by atoms with E-state index in [0.29, 0.717) is 13.0 Å². The topological polar surface area (TPSA) is 54.0 Å². The molecule has 0 atom stereocenters. The summed E-state index contributed by atoms with van der Waals surface area (Å²) in [5, 5.41) is 3.38. The van der Waals surface area contributed by atoms with Crippen LogP contribution in [0.2, 0.25) is 0 Å². The predicted octanol–water partition coefficient (Wildman–Crippen LogP) is 4.84. The lowest BCUT2D eigenvalue weighted by atomic mass is 10.0. The molecule has 0 bridgehead atoms. The average Bonchev–Trinajstić information content (AvgIpc) is 2.92. The predicted molar refractivity (Wildman–Crippen MR) is 140 cm³/mol. The highest BCUT2D eigenvalue weighted by molar-refractivity contribution is 5.79. The van der Waals surface area contributed by atoms with Crippen molar-refractivity contribution < 1.29 is 18.7 Å². The number of piperidine rings is 1. The van der Waals surface area contributed by atoms with Crippen LogP contribution in [0.15, 0.2) is 48.5 Å². The van der Waals surface area contributed by atoms with Gasteiger partial charge in [0.15, 0.2) is 6.29 Å². The number of carbonyl (C=O) groups excluding carboxylic acids is 1. The molecule has 2 aliphatic heterocycles. The Labute approximate surface area is 214 Å². The zero-order valence-electron chi connectivity index (χ0n) is 21.5. The fraction of sp³-hybridized carbons (Fsp3) is 0.552. The van der Waals surface area contributed by atoms with Gasteiger partial charge in [-0.1, -0.05) is 31.2 Å². The summed E-state index contributed by atoms with van der Waals surface area (Å²) in [4.78, 5) is 18.0. The number of benzene rings is 2. The molecule has 36 heavy (non-hydrogen) atoms. The smallest absolute Gasteiger partial charge is 0.227 e. The van der Waals surface area contributed by atoms with Crippen LogP contribution in [0, 0.1) is 5.82 Å². The Morgan fingerprint density at radius 2 is 1.69 bits per heavy atom. The highest BCUT2D eigenvalue weighted by atomic mass is 19.1. The third-order valence-corrected chi connectivity index (χ3v) is 7.05. The number of anilines is 1. The molecule has 2 aliphatic rings. The first kappa shape index (κ1) is 26.6. The monoisotopic (exact) mass is 497 g/mol. The fourth-order valence-electron chi connectivity index (χ4n) is 4.94. The van der Waals surface area contributed by atoms with Gasteiger partial charge < -0.3 is 24.6 Å². The highest BCUT2D eigenvalue weighted by Crippen LogP contribution is 2.22. The van der Waals surface area contributed by atoms with Crippen LogP contribution in [-0.4, -0.2) is 67.4 Å². The van der Waals surface area contributed by atoms with E-state index in [1.165, 1.54) is 12.1 Å². The molecule has 0 radical (unpaired) electrons. The molecular weight excluding hydrogens is 457 g/mol. The molecule has 7 heteroatoms. The highest BCUT2D eigenvalue weighted by Gasteiger charge is 2.28. The van der Waals surface area contributed by atoms with E-state index >= 15 is 0 Å². The largest absolute Gasteiger partial charge is 0.385 e. The van der Waals surface area contributed by atoms with Gasteiger partial charge in [-0.05, 0) is 61.1 Å². The van der Waals surface area contributed by atoms with Crippen molar-refractivity contribution in [3.8, 4) is 0 Å². The number of likely N-dealkylation sites (tertiary alicyclic amines) is 1. The summed E-state index contributed by atoms with van der Waals surface area (Å²) in [5.74, 6) is -0.135. The fourth-order valence-corrected chi connectivity index (χ4v) is 4.94. The molecule has 1 N–H and O–H groups in total. The third kappa shape index (κ3) is 8.02. The minimum atomic E-state index is -0.257. The van der Waals surface area contributed by atoms with Crippen LogP contribution >= 0.6 is 0 Å². The quantitative estimate of drug-likeness (QED) is 0.482. The molecule has 4 rings (SSSR count). The summed E-state index contributed by atoms with van der Waals surface area (Å²) in [6.07, 6.45) is 5.06. The number of hydrogen-bond donors (Lipinski definition) is 1.